The van der Waals surface area contributed by atoms with Gasteiger partial charge in [-0.25, -0.2) is 0 Å². The van der Waals surface area contributed by atoms with Crippen LogP contribution in [0.1, 0.15) is 136 Å². The molecule has 0 aliphatic heterocycles. The number of carbonyl (C=O) groups excluding carboxylic acids is 5. The van der Waals surface area contributed by atoms with E-state index in [0.717, 1.165) is 71.8 Å². The van der Waals surface area contributed by atoms with E-state index in [-0.39, 0.29) is 41.9 Å². The molecule has 58 heavy (non-hydrogen) atoms. The van der Waals surface area contributed by atoms with E-state index in [1.54, 1.807) is 20.1 Å². The third kappa shape index (κ3) is 9.19. The summed E-state index contributed by atoms with van der Waals surface area (Å²) in [7, 11) is 1.65. The van der Waals surface area contributed by atoms with Gasteiger partial charge < -0.3 is 9.47 Å². The zero-order valence-corrected chi connectivity index (χ0v) is 35.5. The Hall–Kier alpha value is -4.13. The number of carbonyl (C=O) groups is 5. The average molecular weight is 789 g/mol. The first kappa shape index (κ1) is 42.0. The second-order valence-electron chi connectivity index (χ2n) is 19.7. The van der Waals surface area contributed by atoms with Crippen LogP contribution in [0.15, 0.2) is 60.7 Å². The molecule has 4 saturated carbocycles. The average Bonchev–Trinajstić information content (AvgIpc) is 3.57. The molecule has 7 rings (SSSR count). The van der Waals surface area contributed by atoms with Crippen LogP contribution in [0.25, 0.3) is 16.3 Å². The molecule has 7 heteroatoms. The first-order valence-electron chi connectivity index (χ1n) is 22.1. The predicted molar refractivity (Wildman–Crippen MR) is 229 cm³/mol. The van der Waals surface area contributed by atoms with Crippen molar-refractivity contribution in [2.24, 2.45) is 46.3 Å². The maximum atomic E-state index is 14.9. The highest BCUT2D eigenvalue weighted by Gasteiger charge is 2.59. The van der Waals surface area contributed by atoms with Crippen LogP contribution in [0.4, 0.5) is 0 Å². The summed E-state index contributed by atoms with van der Waals surface area (Å²) in [5.74, 6) is 0.850. The van der Waals surface area contributed by atoms with Gasteiger partial charge in [0.05, 0.1) is 7.11 Å². The number of Topliss-reactive ketones (excluding diaryl/α,β-unsaturated/α-hetero) is 5. The number of fused-ring (bicyclic) bond motifs is 1. The summed E-state index contributed by atoms with van der Waals surface area (Å²) in [4.78, 5) is 68.7. The molecule has 7 nitrogen and oxygen atoms in total. The van der Waals surface area contributed by atoms with Crippen molar-refractivity contribution in [3.05, 3.63) is 66.3 Å². The molecule has 0 N–H and O–H groups in total. The van der Waals surface area contributed by atoms with Crippen LogP contribution in [0, 0.1) is 46.3 Å². The molecule has 6 atom stereocenters. The number of rotatable bonds is 19. The van der Waals surface area contributed by atoms with Crippen LogP contribution in [0.2, 0.25) is 0 Å². The van der Waals surface area contributed by atoms with Gasteiger partial charge in [0.1, 0.15) is 46.5 Å². The Bertz CT molecular complexity index is 2020. The molecular formula is C51H64O7. The first-order chi connectivity index (χ1) is 27.7. The van der Waals surface area contributed by atoms with Crippen LogP contribution < -0.4 is 9.47 Å². The minimum atomic E-state index is -0.750. The minimum Gasteiger partial charge on any atom is -0.497 e. The van der Waals surface area contributed by atoms with E-state index >= 15 is 0 Å². The number of methoxy groups -OCH3 is 1. The monoisotopic (exact) mass is 788 g/mol. The molecule has 4 fully saturated rings. The lowest BCUT2D eigenvalue weighted by Crippen LogP contribution is -2.38. The highest BCUT2D eigenvalue weighted by Crippen LogP contribution is 2.58. The summed E-state index contributed by atoms with van der Waals surface area (Å²) in [5.41, 5.74) is 1.91. The van der Waals surface area contributed by atoms with E-state index in [4.69, 9.17) is 9.47 Å². The lowest BCUT2D eigenvalue weighted by atomic mass is 9.69. The van der Waals surface area contributed by atoms with Crippen LogP contribution in [-0.2, 0) is 24.0 Å². The minimum absolute atomic E-state index is 0.0103. The van der Waals surface area contributed by atoms with Crippen molar-refractivity contribution in [3.8, 4) is 11.5 Å². The number of allylic oxidation sites excluding steroid dienone is 5. The van der Waals surface area contributed by atoms with Gasteiger partial charge in [-0.1, -0.05) is 89.5 Å². The predicted octanol–water partition coefficient (Wildman–Crippen LogP) is 11.0. The lowest BCUT2D eigenvalue weighted by Gasteiger charge is -2.33. The molecule has 2 aromatic carbocycles. The highest BCUT2D eigenvalue weighted by molar-refractivity contribution is 5.98. The van der Waals surface area contributed by atoms with E-state index < -0.39 is 34.7 Å². The Morgan fingerprint density at radius 1 is 0.914 bits per heavy atom. The SMILES string of the molecule is C=CC1CC1(CC(=O)C1CC(Oc2cc(C3=CCC(CC(=O)CC4CCCC4)=C3)cc3cc(OC)ccc23)CC1C(=O)C(CC(=O)CC1CCC1)C(C)(C)C)C(C)=O. The molecule has 0 heterocycles. The molecule has 0 amide bonds. The number of benzene rings is 2. The molecule has 0 spiro atoms. The van der Waals surface area contributed by atoms with Gasteiger partial charge in [0.15, 0.2) is 0 Å². The molecule has 310 valence electrons. The Balaban J connectivity index is 1.16. The van der Waals surface area contributed by atoms with Gasteiger partial charge in [-0.15, -0.1) is 6.58 Å². The second kappa shape index (κ2) is 17.2. The molecular weight excluding hydrogens is 725 g/mol. The third-order valence-corrected chi connectivity index (χ3v) is 14.6. The van der Waals surface area contributed by atoms with E-state index in [1.165, 1.54) is 12.8 Å². The molecule has 0 radical (unpaired) electrons. The fourth-order valence-corrected chi connectivity index (χ4v) is 10.6. The fourth-order valence-electron chi connectivity index (χ4n) is 10.6. The van der Waals surface area contributed by atoms with Crippen LogP contribution in [-0.4, -0.2) is 42.1 Å². The summed E-state index contributed by atoms with van der Waals surface area (Å²) in [6.45, 7) is 11.5. The first-order valence-corrected chi connectivity index (χ1v) is 22.1. The van der Waals surface area contributed by atoms with E-state index in [2.05, 4.69) is 24.8 Å². The van der Waals surface area contributed by atoms with Crippen molar-refractivity contribution in [1.82, 2.24) is 0 Å². The maximum absolute atomic E-state index is 14.9. The Labute approximate surface area is 345 Å². The van der Waals surface area contributed by atoms with Crippen molar-refractivity contribution >= 4 is 45.3 Å². The molecule has 5 aliphatic rings. The van der Waals surface area contributed by atoms with Gasteiger partial charge in [0.2, 0.25) is 0 Å². The maximum Gasteiger partial charge on any atom is 0.140 e. The Morgan fingerprint density at radius 2 is 1.60 bits per heavy atom. The molecule has 0 aromatic heterocycles. The Morgan fingerprint density at radius 3 is 2.22 bits per heavy atom. The van der Waals surface area contributed by atoms with Gasteiger partial charge in [-0.2, -0.15) is 0 Å². The highest BCUT2D eigenvalue weighted by atomic mass is 16.5. The van der Waals surface area contributed by atoms with Crippen molar-refractivity contribution < 1.29 is 33.4 Å². The standard InChI is InChI=1S/C51H64O7/c1-7-38-29-51(38,31(2)52)30-47(55)44-27-42(28-45(44)49(56)46(50(3,4)5)26-40(54)21-33-13-10-14-33)58-48-25-36(23-37-24-41(57-6)17-18-43(37)48)35-16-15-34(19-35)22-39(53)20-32-11-8-9-12-32/h7,16-19,23-25,32-33,38,42,44-46H,1,8-15,20-22,26-30H2,2-6H3. The quantitative estimate of drug-likeness (QED) is 0.131. The zero-order valence-electron chi connectivity index (χ0n) is 35.5. The van der Waals surface area contributed by atoms with Crippen LogP contribution in [0.5, 0.6) is 11.5 Å². The number of ether oxygens (including phenoxy) is 2. The number of ketones is 5. The van der Waals surface area contributed by atoms with Crippen molar-refractivity contribution in [2.45, 2.75) is 137 Å². The topological polar surface area (TPSA) is 104 Å². The van der Waals surface area contributed by atoms with Gasteiger partial charge in [0, 0.05) is 60.7 Å². The zero-order chi connectivity index (χ0) is 41.4. The lowest BCUT2D eigenvalue weighted by molar-refractivity contribution is -0.139. The number of hydrogen-bond acceptors (Lipinski definition) is 7. The van der Waals surface area contributed by atoms with Gasteiger partial charge in [0.25, 0.3) is 0 Å². The molecule has 5 aliphatic carbocycles. The third-order valence-electron chi connectivity index (χ3n) is 14.6. The Kier molecular flexibility index (Phi) is 12.5. The second-order valence-corrected chi connectivity index (χ2v) is 19.7. The van der Waals surface area contributed by atoms with Gasteiger partial charge >= 0.3 is 0 Å². The smallest absolute Gasteiger partial charge is 0.140 e. The largest absolute Gasteiger partial charge is 0.497 e. The summed E-state index contributed by atoms with van der Waals surface area (Å²) < 4.78 is 12.6. The summed E-state index contributed by atoms with van der Waals surface area (Å²) >= 11 is 0. The number of hydrogen-bond donors (Lipinski definition) is 0. The van der Waals surface area contributed by atoms with Crippen molar-refractivity contribution in [2.75, 3.05) is 7.11 Å². The molecule has 6 unspecified atom stereocenters. The molecule has 2 aromatic rings. The van der Waals surface area contributed by atoms with Gasteiger partial charge in [-0.3, -0.25) is 24.0 Å². The summed E-state index contributed by atoms with van der Waals surface area (Å²) in [6.07, 6.45) is 17.7. The fraction of sp³-hybridized carbons (Fsp3) is 0.588. The van der Waals surface area contributed by atoms with Gasteiger partial charge in [-0.05, 0) is 103 Å². The summed E-state index contributed by atoms with van der Waals surface area (Å²) in [5, 5.41) is 1.84. The molecule has 0 bridgehead atoms. The van der Waals surface area contributed by atoms with E-state index in [1.807, 2.05) is 45.0 Å². The van der Waals surface area contributed by atoms with E-state index in [9.17, 15) is 24.0 Å². The van der Waals surface area contributed by atoms with E-state index in [0.29, 0.717) is 61.9 Å². The molecule has 0 saturated heterocycles. The van der Waals surface area contributed by atoms with Crippen LogP contribution in [0.3, 0.4) is 0 Å². The normalized spacial score (nSPS) is 26.4. The van der Waals surface area contributed by atoms with Crippen molar-refractivity contribution in [3.63, 3.8) is 0 Å². The van der Waals surface area contributed by atoms with Crippen molar-refractivity contribution in [1.29, 1.82) is 0 Å². The van der Waals surface area contributed by atoms with Crippen LogP contribution >= 0.6 is 0 Å². The summed E-state index contributed by atoms with van der Waals surface area (Å²) in [6, 6.07) is 10.1.